The Morgan fingerprint density at radius 1 is 1.26 bits per heavy atom. The van der Waals surface area contributed by atoms with Gasteiger partial charge in [0.1, 0.15) is 18.3 Å². The summed E-state index contributed by atoms with van der Waals surface area (Å²) in [6.07, 6.45) is 1.19. The van der Waals surface area contributed by atoms with Crippen LogP contribution in [-0.2, 0) is 36.8 Å². The molecule has 6 heteroatoms. The van der Waals surface area contributed by atoms with E-state index in [0.717, 1.165) is 29.3 Å². The lowest BCUT2D eigenvalue weighted by Gasteiger charge is -2.25. The van der Waals surface area contributed by atoms with E-state index in [2.05, 4.69) is 35.8 Å². The van der Waals surface area contributed by atoms with Crippen molar-refractivity contribution in [2.45, 2.75) is 90.4 Å². The van der Waals surface area contributed by atoms with Gasteiger partial charge in [-0.3, -0.25) is 4.79 Å². The van der Waals surface area contributed by atoms with Crippen LogP contribution in [-0.4, -0.2) is 36.2 Å². The lowest BCUT2D eigenvalue weighted by atomic mass is 10.0. The number of ether oxygens (including phenoxy) is 4. The molecule has 150 valence electrons. The second-order valence-electron chi connectivity index (χ2n) is 7.65. The van der Waals surface area contributed by atoms with Gasteiger partial charge in [0.05, 0.1) is 6.61 Å². The molecule has 2 fully saturated rings. The molecule has 0 aromatic heterocycles. The van der Waals surface area contributed by atoms with Crippen LogP contribution < -0.4 is 0 Å². The minimum atomic E-state index is -0.735. The number of fused-ring (bicyclic) bond motifs is 1. The summed E-state index contributed by atoms with van der Waals surface area (Å²) in [4.78, 5) is 12.6. The Balaban J connectivity index is 1.72. The fourth-order valence-corrected chi connectivity index (χ4v) is 4.12. The predicted octanol–water partition coefficient (Wildman–Crippen LogP) is 4.53. The second kappa shape index (κ2) is 8.70. The largest absolute Gasteiger partial charge is 0.367 e. The summed E-state index contributed by atoms with van der Waals surface area (Å²) in [6.45, 7) is 8.29. The van der Waals surface area contributed by atoms with Crippen LogP contribution in [0, 0.1) is 0 Å². The number of halogens is 1. The quantitative estimate of drug-likeness (QED) is 0.593. The molecule has 1 aromatic rings. The van der Waals surface area contributed by atoms with Crippen molar-refractivity contribution >= 4 is 21.7 Å². The highest BCUT2D eigenvalue weighted by molar-refractivity contribution is 9.10. The van der Waals surface area contributed by atoms with Crippen LogP contribution >= 0.6 is 15.9 Å². The summed E-state index contributed by atoms with van der Waals surface area (Å²) in [5, 5.41) is 0. The van der Waals surface area contributed by atoms with Gasteiger partial charge in [0, 0.05) is 10.9 Å². The molecule has 27 heavy (non-hydrogen) atoms. The molecule has 5 nitrogen and oxygen atoms in total. The van der Waals surface area contributed by atoms with Crippen molar-refractivity contribution in [3.05, 3.63) is 33.8 Å². The van der Waals surface area contributed by atoms with E-state index in [4.69, 9.17) is 18.9 Å². The Morgan fingerprint density at radius 3 is 2.74 bits per heavy atom. The molecular formula is C21H29BrO5. The van der Waals surface area contributed by atoms with Crippen molar-refractivity contribution < 1.29 is 23.7 Å². The number of carbonyl (C=O) groups excluding carboxylic acids is 1. The summed E-state index contributed by atoms with van der Waals surface area (Å²) >= 11 is 3.57. The maximum absolute atomic E-state index is 12.6. The summed E-state index contributed by atoms with van der Waals surface area (Å²) < 4.78 is 25.0. The van der Waals surface area contributed by atoms with Gasteiger partial charge in [0.2, 0.25) is 0 Å². The van der Waals surface area contributed by atoms with Crippen molar-refractivity contribution in [1.29, 1.82) is 0 Å². The number of benzene rings is 1. The molecule has 0 spiro atoms. The van der Waals surface area contributed by atoms with Gasteiger partial charge in [-0.15, -0.1) is 0 Å². The van der Waals surface area contributed by atoms with Gasteiger partial charge in [0.15, 0.2) is 17.9 Å². The molecule has 2 heterocycles. The zero-order chi connectivity index (χ0) is 19.6. The highest BCUT2D eigenvalue weighted by Crippen LogP contribution is 2.39. The number of ketones is 1. The van der Waals surface area contributed by atoms with E-state index in [1.54, 1.807) is 0 Å². The third-order valence-corrected chi connectivity index (χ3v) is 5.79. The smallest absolute Gasteiger partial charge is 0.190 e. The average molecular weight is 441 g/mol. The van der Waals surface area contributed by atoms with Crippen molar-refractivity contribution in [3.8, 4) is 0 Å². The molecule has 3 rings (SSSR count). The van der Waals surface area contributed by atoms with Gasteiger partial charge >= 0.3 is 0 Å². The highest BCUT2D eigenvalue weighted by Gasteiger charge is 2.57. The minimum absolute atomic E-state index is 0.0614. The van der Waals surface area contributed by atoms with E-state index in [-0.39, 0.29) is 5.78 Å². The van der Waals surface area contributed by atoms with Gasteiger partial charge in [-0.1, -0.05) is 48.3 Å². The molecule has 0 unspecified atom stereocenters. The maximum Gasteiger partial charge on any atom is 0.190 e. The Kier molecular flexibility index (Phi) is 6.75. The zero-order valence-corrected chi connectivity index (χ0v) is 18.1. The van der Waals surface area contributed by atoms with Crippen molar-refractivity contribution in [1.82, 2.24) is 0 Å². The van der Waals surface area contributed by atoms with Gasteiger partial charge in [-0.05, 0) is 43.9 Å². The Bertz CT molecular complexity index is 675. The minimum Gasteiger partial charge on any atom is -0.367 e. The van der Waals surface area contributed by atoms with Crippen molar-refractivity contribution in [2.75, 3.05) is 0 Å². The third-order valence-electron chi connectivity index (χ3n) is 5.02. The standard InChI is InChI=1S/C21H29BrO5/c1-5-7-8-16(23)17-18(19-20(25-17)27-21(3,4)26-19)24-12-13-9-10-15(22)14(6-2)11-13/h9-11,17-20H,5-8,12H2,1-4H3/t17-,18+,19-,20-/m1/s1. The third kappa shape index (κ3) is 4.80. The van der Waals surface area contributed by atoms with E-state index in [0.29, 0.717) is 13.0 Å². The zero-order valence-electron chi connectivity index (χ0n) is 16.5. The fraction of sp³-hybridized carbons (Fsp3) is 0.667. The summed E-state index contributed by atoms with van der Waals surface area (Å²) in [5.41, 5.74) is 2.30. The molecule has 2 aliphatic heterocycles. The van der Waals surface area contributed by atoms with E-state index >= 15 is 0 Å². The number of hydrogen-bond donors (Lipinski definition) is 0. The molecule has 2 aliphatic rings. The molecule has 4 atom stereocenters. The average Bonchev–Trinajstić information content (AvgIpc) is 3.10. The van der Waals surface area contributed by atoms with Crippen LogP contribution in [0.4, 0.5) is 0 Å². The number of Topliss-reactive ketones (excluding diaryl/α,β-unsaturated/α-hetero) is 1. The first-order valence-electron chi connectivity index (χ1n) is 9.77. The van der Waals surface area contributed by atoms with E-state index in [1.165, 1.54) is 5.56 Å². The van der Waals surface area contributed by atoms with Gasteiger partial charge < -0.3 is 18.9 Å². The summed E-state index contributed by atoms with van der Waals surface area (Å²) in [6, 6.07) is 6.19. The molecular weight excluding hydrogens is 412 g/mol. The van der Waals surface area contributed by atoms with Crippen LogP contribution in [0.5, 0.6) is 0 Å². The van der Waals surface area contributed by atoms with E-state index in [1.807, 2.05) is 26.0 Å². The number of carbonyl (C=O) groups is 1. The van der Waals surface area contributed by atoms with Gasteiger partial charge in [0.25, 0.3) is 0 Å². The predicted molar refractivity (Wildman–Crippen MR) is 105 cm³/mol. The lowest BCUT2D eigenvalue weighted by molar-refractivity contribution is -0.218. The highest BCUT2D eigenvalue weighted by atomic mass is 79.9. The van der Waals surface area contributed by atoms with Crippen molar-refractivity contribution in [2.24, 2.45) is 0 Å². The first-order valence-corrected chi connectivity index (χ1v) is 10.6. The molecule has 0 saturated carbocycles. The molecule has 0 bridgehead atoms. The molecule has 1 aromatic carbocycles. The van der Waals surface area contributed by atoms with Gasteiger partial charge in [-0.2, -0.15) is 0 Å². The summed E-state index contributed by atoms with van der Waals surface area (Å²) in [5.74, 6) is -0.673. The summed E-state index contributed by atoms with van der Waals surface area (Å²) in [7, 11) is 0. The number of unbranched alkanes of at least 4 members (excludes halogenated alkanes) is 1. The van der Waals surface area contributed by atoms with E-state index in [9.17, 15) is 4.79 Å². The first-order chi connectivity index (χ1) is 12.8. The number of rotatable bonds is 8. The molecule has 2 saturated heterocycles. The monoisotopic (exact) mass is 440 g/mol. The molecule has 0 N–H and O–H groups in total. The Labute approximate surface area is 169 Å². The number of hydrogen-bond acceptors (Lipinski definition) is 5. The molecule has 0 aliphatic carbocycles. The maximum atomic E-state index is 12.6. The van der Waals surface area contributed by atoms with Crippen LogP contribution in [0.25, 0.3) is 0 Å². The topological polar surface area (TPSA) is 54.0 Å². The SMILES string of the molecule is CCCCC(=O)[C@H]1O[C@@H]2OC(C)(C)O[C@@H]2[C@H]1OCc1ccc(Br)c(CC)c1. The Hall–Kier alpha value is -0.790. The normalized spacial score (nSPS) is 29.1. The van der Waals surface area contributed by atoms with Gasteiger partial charge in [-0.25, -0.2) is 0 Å². The van der Waals surface area contributed by atoms with Crippen LogP contribution in [0.3, 0.4) is 0 Å². The molecule has 0 radical (unpaired) electrons. The van der Waals surface area contributed by atoms with Crippen LogP contribution in [0.2, 0.25) is 0 Å². The van der Waals surface area contributed by atoms with Crippen LogP contribution in [0.15, 0.2) is 22.7 Å². The number of aryl methyl sites for hydroxylation is 1. The van der Waals surface area contributed by atoms with E-state index < -0.39 is 30.4 Å². The first kappa shape index (κ1) is 20.9. The fourth-order valence-electron chi connectivity index (χ4n) is 3.60. The Morgan fingerprint density at radius 2 is 2.04 bits per heavy atom. The van der Waals surface area contributed by atoms with Crippen molar-refractivity contribution in [3.63, 3.8) is 0 Å². The second-order valence-corrected chi connectivity index (χ2v) is 8.50. The lowest BCUT2D eigenvalue weighted by Crippen LogP contribution is -2.40. The molecule has 0 amide bonds. The van der Waals surface area contributed by atoms with Crippen LogP contribution in [0.1, 0.15) is 58.1 Å².